The minimum Gasteiger partial charge on any atom is -0.448 e. The average Bonchev–Trinajstić information content (AvgIpc) is 2.84. The summed E-state index contributed by atoms with van der Waals surface area (Å²) in [5.41, 5.74) is 2.61. The lowest BCUT2D eigenvalue weighted by atomic mass is 10.1. The summed E-state index contributed by atoms with van der Waals surface area (Å²) in [6.45, 7) is 5.01. The first-order chi connectivity index (χ1) is 9.60. The molecule has 0 aliphatic carbocycles. The van der Waals surface area contributed by atoms with Crippen LogP contribution in [0, 0.1) is 6.92 Å². The van der Waals surface area contributed by atoms with Gasteiger partial charge in [-0.2, -0.15) is 0 Å². The van der Waals surface area contributed by atoms with Crippen LogP contribution in [0.25, 0.3) is 0 Å². The standard InChI is InChI=1S/C15H17ClN2O2/c1-3-17-15(19)11-5-4-10(2)13(8-11)18-9-12-6-7-14(16)20-12/h4-8,18H,3,9H2,1-2H3,(H,17,19). The first-order valence-corrected chi connectivity index (χ1v) is 6.85. The van der Waals surface area contributed by atoms with E-state index in [1.54, 1.807) is 6.07 Å². The summed E-state index contributed by atoms with van der Waals surface area (Å²) in [5, 5.41) is 6.40. The molecule has 4 nitrogen and oxygen atoms in total. The number of rotatable bonds is 5. The molecule has 20 heavy (non-hydrogen) atoms. The van der Waals surface area contributed by atoms with Crippen molar-refractivity contribution in [3.8, 4) is 0 Å². The van der Waals surface area contributed by atoms with E-state index in [1.807, 2.05) is 38.1 Å². The summed E-state index contributed by atoms with van der Waals surface area (Å²) in [7, 11) is 0. The Balaban J connectivity index is 2.10. The van der Waals surface area contributed by atoms with Gasteiger partial charge in [0.2, 0.25) is 0 Å². The number of carbonyl (C=O) groups excluding carboxylic acids is 1. The van der Waals surface area contributed by atoms with Crippen LogP contribution in [-0.2, 0) is 6.54 Å². The Kier molecular flexibility index (Phi) is 4.69. The van der Waals surface area contributed by atoms with Crippen molar-refractivity contribution < 1.29 is 9.21 Å². The second-order valence-electron chi connectivity index (χ2n) is 4.45. The zero-order chi connectivity index (χ0) is 14.5. The third-order valence-electron chi connectivity index (χ3n) is 2.92. The van der Waals surface area contributed by atoms with Crippen LogP contribution >= 0.6 is 11.6 Å². The Morgan fingerprint density at radius 3 is 2.75 bits per heavy atom. The van der Waals surface area contributed by atoms with E-state index in [-0.39, 0.29) is 5.91 Å². The van der Waals surface area contributed by atoms with Gasteiger partial charge in [-0.25, -0.2) is 0 Å². The Bertz CT molecular complexity index is 608. The number of hydrogen-bond donors (Lipinski definition) is 2. The number of aryl methyl sites for hydroxylation is 1. The van der Waals surface area contributed by atoms with Crippen molar-refractivity contribution in [3.05, 3.63) is 52.4 Å². The first-order valence-electron chi connectivity index (χ1n) is 6.47. The normalized spacial score (nSPS) is 10.3. The zero-order valence-electron chi connectivity index (χ0n) is 11.5. The fourth-order valence-corrected chi connectivity index (χ4v) is 2.01. The molecule has 0 bridgehead atoms. The number of hydrogen-bond acceptors (Lipinski definition) is 3. The molecule has 0 fully saturated rings. The molecular formula is C15H17ClN2O2. The lowest BCUT2D eigenvalue weighted by molar-refractivity contribution is 0.0956. The van der Waals surface area contributed by atoms with Crippen molar-refractivity contribution in [2.24, 2.45) is 0 Å². The van der Waals surface area contributed by atoms with E-state index in [4.69, 9.17) is 16.0 Å². The molecular weight excluding hydrogens is 276 g/mol. The number of carbonyl (C=O) groups is 1. The molecule has 0 saturated heterocycles. The third kappa shape index (κ3) is 3.54. The van der Waals surface area contributed by atoms with Gasteiger partial charge in [-0.1, -0.05) is 6.07 Å². The molecule has 2 N–H and O–H groups in total. The summed E-state index contributed by atoms with van der Waals surface area (Å²) in [6.07, 6.45) is 0. The number of anilines is 1. The van der Waals surface area contributed by atoms with Crippen molar-refractivity contribution in [2.75, 3.05) is 11.9 Å². The molecule has 1 aromatic heterocycles. The second-order valence-corrected chi connectivity index (χ2v) is 4.82. The maximum atomic E-state index is 11.8. The molecule has 1 aromatic carbocycles. The Labute approximate surface area is 123 Å². The van der Waals surface area contributed by atoms with Gasteiger partial charge in [-0.15, -0.1) is 0 Å². The van der Waals surface area contributed by atoms with E-state index >= 15 is 0 Å². The monoisotopic (exact) mass is 292 g/mol. The molecule has 0 aliphatic heterocycles. The smallest absolute Gasteiger partial charge is 0.251 e. The van der Waals surface area contributed by atoms with E-state index < -0.39 is 0 Å². The van der Waals surface area contributed by atoms with Crippen LogP contribution < -0.4 is 10.6 Å². The predicted molar refractivity (Wildman–Crippen MR) is 80.2 cm³/mol. The minimum absolute atomic E-state index is 0.0726. The maximum Gasteiger partial charge on any atom is 0.251 e. The van der Waals surface area contributed by atoms with Crippen LogP contribution in [0.3, 0.4) is 0 Å². The zero-order valence-corrected chi connectivity index (χ0v) is 12.3. The van der Waals surface area contributed by atoms with Gasteiger partial charge in [0, 0.05) is 17.8 Å². The Hall–Kier alpha value is -1.94. The first kappa shape index (κ1) is 14.5. The topological polar surface area (TPSA) is 54.3 Å². The number of benzene rings is 1. The molecule has 5 heteroatoms. The molecule has 0 radical (unpaired) electrons. The number of amides is 1. The number of nitrogens with one attached hydrogen (secondary N) is 2. The lowest BCUT2D eigenvalue weighted by Crippen LogP contribution is -2.22. The van der Waals surface area contributed by atoms with Gasteiger partial charge in [-0.05, 0) is 55.3 Å². The average molecular weight is 293 g/mol. The number of furan rings is 1. The van der Waals surface area contributed by atoms with Crippen LogP contribution in [0.5, 0.6) is 0 Å². The van der Waals surface area contributed by atoms with Crippen LogP contribution in [0.4, 0.5) is 5.69 Å². The molecule has 0 saturated carbocycles. The fourth-order valence-electron chi connectivity index (χ4n) is 1.85. The molecule has 1 amide bonds. The van der Waals surface area contributed by atoms with E-state index in [0.29, 0.717) is 23.9 Å². The molecule has 1 heterocycles. The van der Waals surface area contributed by atoms with Gasteiger partial charge in [0.05, 0.1) is 6.54 Å². The lowest BCUT2D eigenvalue weighted by Gasteiger charge is -2.10. The van der Waals surface area contributed by atoms with E-state index in [2.05, 4.69) is 10.6 Å². The predicted octanol–water partition coefficient (Wildman–Crippen LogP) is 3.60. The fraction of sp³-hybridized carbons (Fsp3) is 0.267. The molecule has 2 aromatic rings. The van der Waals surface area contributed by atoms with Crippen LogP contribution in [0.15, 0.2) is 34.7 Å². The largest absolute Gasteiger partial charge is 0.448 e. The van der Waals surface area contributed by atoms with Crippen molar-refractivity contribution in [3.63, 3.8) is 0 Å². The van der Waals surface area contributed by atoms with Crippen molar-refractivity contribution in [1.82, 2.24) is 5.32 Å². The highest BCUT2D eigenvalue weighted by Gasteiger charge is 2.07. The molecule has 0 atom stereocenters. The highest BCUT2D eigenvalue weighted by Crippen LogP contribution is 2.19. The molecule has 0 spiro atoms. The van der Waals surface area contributed by atoms with Gasteiger partial charge in [0.25, 0.3) is 5.91 Å². The highest BCUT2D eigenvalue weighted by atomic mass is 35.5. The molecule has 0 unspecified atom stereocenters. The second kappa shape index (κ2) is 6.48. The summed E-state index contributed by atoms with van der Waals surface area (Å²) in [6, 6.07) is 9.09. The quantitative estimate of drug-likeness (QED) is 0.885. The third-order valence-corrected chi connectivity index (χ3v) is 3.12. The molecule has 0 aliphatic rings. The van der Waals surface area contributed by atoms with Gasteiger partial charge in [-0.3, -0.25) is 4.79 Å². The number of halogens is 1. The molecule has 106 valence electrons. The van der Waals surface area contributed by atoms with Crippen molar-refractivity contribution >= 4 is 23.2 Å². The molecule has 2 rings (SSSR count). The van der Waals surface area contributed by atoms with Gasteiger partial charge >= 0.3 is 0 Å². The van der Waals surface area contributed by atoms with Crippen LogP contribution in [0.2, 0.25) is 5.22 Å². The summed E-state index contributed by atoms with van der Waals surface area (Å²) < 4.78 is 5.29. The van der Waals surface area contributed by atoms with Crippen molar-refractivity contribution in [2.45, 2.75) is 20.4 Å². The van der Waals surface area contributed by atoms with Crippen molar-refractivity contribution in [1.29, 1.82) is 0 Å². The van der Waals surface area contributed by atoms with Gasteiger partial charge in [0.1, 0.15) is 5.76 Å². The van der Waals surface area contributed by atoms with E-state index in [1.165, 1.54) is 0 Å². The highest BCUT2D eigenvalue weighted by molar-refractivity contribution is 6.28. The minimum atomic E-state index is -0.0726. The summed E-state index contributed by atoms with van der Waals surface area (Å²) in [4.78, 5) is 11.8. The maximum absolute atomic E-state index is 11.8. The summed E-state index contributed by atoms with van der Waals surface area (Å²) in [5.74, 6) is 0.675. The SMILES string of the molecule is CCNC(=O)c1ccc(C)c(NCc2ccc(Cl)o2)c1. The van der Waals surface area contributed by atoms with Gasteiger partial charge in [0.15, 0.2) is 5.22 Å². The summed E-state index contributed by atoms with van der Waals surface area (Å²) >= 11 is 5.73. The van der Waals surface area contributed by atoms with Crippen LogP contribution in [-0.4, -0.2) is 12.5 Å². The van der Waals surface area contributed by atoms with E-state index in [0.717, 1.165) is 17.0 Å². The van der Waals surface area contributed by atoms with Crippen LogP contribution in [0.1, 0.15) is 28.6 Å². The Morgan fingerprint density at radius 1 is 1.30 bits per heavy atom. The Morgan fingerprint density at radius 2 is 2.10 bits per heavy atom. The van der Waals surface area contributed by atoms with Gasteiger partial charge < -0.3 is 15.1 Å². The van der Waals surface area contributed by atoms with E-state index in [9.17, 15) is 4.79 Å².